The molecule has 0 saturated carbocycles. The zero-order chi connectivity index (χ0) is 15.8. The summed E-state index contributed by atoms with van der Waals surface area (Å²) >= 11 is 3.48. The van der Waals surface area contributed by atoms with Crippen LogP contribution in [0.4, 0.5) is 5.95 Å². The molecular weight excluding hydrogens is 330 g/mol. The minimum absolute atomic E-state index is 0.101. The Kier molecular flexibility index (Phi) is 7.29. The second kappa shape index (κ2) is 8.72. The number of nitrogens with zero attached hydrogens (tertiary/aromatic N) is 2. The monoisotopic (exact) mass is 351 g/mol. The van der Waals surface area contributed by atoms with Crippen LogP contribution in [0.1, 0.15) is 49.7 Å². The molecule has 0 spiro atoms. The molecule has 114 valence electrons. The van der Waals surface area contributed by atoms with Gasteiger partial charge in [0.05, 0.1) is 11.3 Å². The van der Waals surface area contributed by atoms with Gasteiger partial charge in [-0.3, -0.25) is 4.79 Å². The van der Waals surface area contributed by atoms with Crippen LogP contribution in [-0.4, -0.2) is 15.8 Å². The van der Waals surface area contributed by atoms with Crippen LogP contribution in [-0.2, 0) is 6.42 Å². The number of carbonyl (C=O) groups is 1. The molecule has 4 nitrogen and oxygen atoms in total. The Morgan fingerprint density at radius 3 is 2.67 bits per heavy atom. The van der Waals surface area contributed by atoms with Gasteiger partial charge < -0.3 is 5.73 Å². The molecule has 0 saturated heterocycles. The summed E-state index contributed by atoms with van der Waals surface area (Å²) in [6.45, 7) is 6.07. The van der Waals surface area contributed by atoms with Crippen LogP contribution in [0.2, 0.25) is 0 Å². The molecule has 1 aromatic rings. The molecule has 1 aliphatic carbocycles. The molecule has 1 unspecified atom stereocenters. The standard InChI is InChI=1S/C12H14BrN3O.C4H8/c1-2-8(13)3-7-4-10-9(11(17)5-7)6-15-12(14)16-10;1-3-4-2/h3,6-7H,2,4-5H2,1H3,(H2,14,15,16);3-4H,1-2H3/b8-3-;4-3-. The van der Waals surface area contributed by atoms with Crippen molar-refractivity contribution in [1.29, 1.82) is 0 Å². The number of aromatic nitrogens is 2. The van der Waals surface area contributed by atoms with Gasteiger partial charge in [-0.2, -0.15) is 0 Å². The number of Topliss-reactive ketones (excluding diaryl/α,β-unsaturated/α-hetero) is 1. The summed E-state index contributed by atoms with van der Waals surface area (Å²) in [6.07, 6.45) is 9.84. The van der Waals surface area contributed by atoms with E-state index in [2.05, 4.69) is 38.9 Å². The van der Waals surface area contributed by atoms with Crippen molar-refractivity contribution >= 4 is 27.7 Å². The van der Waals surface area contributed by atoms with E-state index in [4.69, 9.17) is 5.73 Å². The molecule has 1 heterocycles. The molecule has 0 aromatic carbocycles. The zero-order valence-corrected chi connectivity index (χ0v) is 14.4. The van der Waals surface area contributed by atoms with Crippen LogP contribution in [0.25, 0.3) is 0 Å². The summed E-state index contributed by atoms with van der Waals surface area (Å²) in [5.74, 6) is 0.540. The smallest absolute Gasteiger partial charge is 0.220 e. The van der Waals surface area contributed by atoms with E-state index in [0.29, 0.717) is 12.0 Å². The minimum Gasteiger partial charge on any atom is -0.368 e. The van der Waals surface area contributed by atoms with Crippen molar-refractivity contribution in [2.75, 3.05) is 5.73 Å². The number of halogens is 1. The summed E-state index contributed by atoms with van der Waals surface area (Å²) < 4.78 is 1.13. The number of nitrogens with two attached hydrogens (primary N) is 1. The summed E-state index contributed by atoms with van der Waals surface area (Å²) in [6, 6.07) is 0. The average molecular weight is 352 g/mol. The van der Waals surface area contributed by atoms with Gasteiger partial charge in [-0.05, 0) is 37.1 Å². The quantitative estimate of drug-likeness (QED) is 0.815. The summed E-state index contributed by atoms with van der Waals surface area (Å²) in [5, 5.41) is 0. The fourth-order valence-corrected chi connectivity index (χ4v) is 2.35. The number of hydrogen-bond donors (Lipinski definition) is 1. The molecule has 0 amide bonds. The van der Waals surface area contributed by atoms with Crippen LogP contribution < -0.4 is 5.73 Å². The molecule has 0 aliphatic heterocycles. The Balaban J connectivity index is 0.000000491. The highest BCUT2D eigenvalue weighted by molar-refractivity contribution is 9.11. The average Bonchev–Trinajstić information content (AvgIpc) is 2.46. The molecule has 1 atom stereocenters. The van der Waals surface area contributed by atoms with E-state index in [0.717, 1.165) is 23.0 Å². The Hall–Kier alpha value is -1.49. The molecular formula is C16H22BrN3O. The highest BCUT2D eigenvalue weighted by atomic mass is 79.9. The summed E-state index contributed by atoms with van der Waals surface area (Å²) in [5.41, 5.74) is 6.93. The van der Waals surface area contributed by atoms with E-state index in [1.54, 1.807) is 0 Å². The third kappa shape index (κ3) is 5.42. The van der Waals surface area contributed by atoms with E-state index in [-0.39, 0.29) is 17.6 Å². The fraction of sp³-hybridized carbons (Fsp3) is 0.438. The third-order valence-corrected chi connectivity index (χ3v) is 4.00. The second-order valence-corrected chi connectivity index (χ2v) is 5.83. The zero-order valence-electron chi connectivity index (χ0n) is 12.8. The van der Waals surface area contributed by atoms with Crippen molar-refractivity contribution in [1.82, 2.24) is 9.97 Å². The number of hydrogen-bond acceptors (Lipinski definition) is 4. The lowest BCUT2D eigenvalue weighted by atomic mass is 9.86. The topological polar surface area (TPSA) is 68.9 Å². The Morgan fingerprint density at radius 2 is 2.10 bits per heavy atom. The Bertz CT molecular complexity index is 548. The van der Waals surface area contributed by atoms with Gasteiger partial charge in [0.15, 0.2) is 5.78 Å². The number of nitrogen functional groups attached to an aromatic ring is 1. The highest BCUT2D eigenvalue weighted by Crippen LogP contribution is 2.27. The van der Waals surface area contributed by atoms with Crippen molar-refractivity contribution in [3.8, 4) is 0 Å². The van der Waals surface area contributed by atoms with Crippen molar-refractivity contribution in [3.63, 3.8) is 0 Å². The molecule has 21 heavy (non-hydrogen) atoms. The van der Waals surface area contributed by atoms with Crippen LogP contribution >= 0.6 is 15.9 Å². The molecule has 0 bridgehead atoms. The Labute approximate surface area is 134 Å². The number of allylic oxidation sites excluding steroid dienone is 4. The van der Waals surface area contributed by atoms with Gasteiger partial charge in [0.2, 0.25) is 5.95 Å². The van der Waals surface area contributed by atoms with E-state index >= 15 is 0 Å². The SMILES string of the molecule is C/C=C\C.CC/C(Br)=C/C1CC(=O)c2cnc(N)nc2C1. The number of carbonyl (C=O) groups excluding carboxylic acids is 1. The molecule has 1 aromatic heterocycles. The van der Waals surface area contributed by atoms with Crippen LogP contribution in [0.3, 0.4) is 0 Å². The van der Waals surface area contributed by atoms with Crippen LogP contribution in [0, 0.1) is 5.92 Å². The van der Waals surface area contributed by atoms with E-state index in [1.165, 1.54) is 6.20 Å². The lowest BCUT2D eigenvalue weighted by Crippen LogP contribution is -2.21. The van der Waals surface area contributed by atoms with Gasteiger partial charge in [0.25, 0.3) is 0 Å². The maximum atomic E-state index is 11.9. The van der Waals surface area contributed by atoms with E-state index in [1.807, 2.05) is 26.0 Å². The number of rotatable bonds is 2. The predicted octanol–water partition coefficient (Wildman–Crippen LogP) is 4.08. The Morgan fingerprint density at radius 1 is 1.43 bits per heavy atom. The first-order valence-corrected chi connectivity index (χ1v) is 7.89. The van der Waals surface area contributed by atoms with E-state index in [9.17, 15) is 4.79 Å². The summed E-state index contributed by atoms with van der Waals surface area (Å²) in [4.78, 5) is 19.9. The third-order valence-electron chi connectivity index (χ3n) is 3.18. The number of fused-ring (bicyclic) bond motifs is 1. The lowest BCUT2D eigenvalue weighted by Gasteiger charge is -2.20. The van der Waals surface area contributed by atoms with Crippen molar-refractivity contribution in [3.05, 3.63) is 40.2 Å². The molecule has 0 fully saturated rings. The second-order valence-electron chi connectivity index (χ2n) is 4.81. The molecule has 2 rings (SSSR count). The van der Waals surface area contributed by atoms with Gasteiger partial charge in [-0.25, -0.2) is 9.97 Å². The first-order valence-electron chi connectivity index (χ1n) is 7.09. The van der Waals surface area contributed by atoms with Crippen LogP contribution in [0.15, 0.2) is 28.9 Å². The normalized spacial score (nSPS) is 18.2. The summed E-state index contributed by atoms with van der Waals surface area (Å²) in [7, 11) is 0. The van der Waals surface area contributed by atoms with Crippen molar-refractivity contribution in [2.45, 2.75) is 40.0 Å². The van der Waals surface area contributed by atoms with Gasteiger partial charge in [0, 0.05) is 12.6 Å². The fourth-order valence-electron chi connectivity index (χ4n) is 1.98. The largest absolute Gasteiger partial charge is 0.368 e. The maximum absolute atomic E-state index is 11.9. The van der Waals surface area contributed by atoms with E-state index < -0.39 is 0 Å². The molecule has 2 N–H and O–H groups in total. The molecule has 1 aliphatic rings. The van der Waals surface area contributed by atoms with Gasteiger partial charge >= 0.3 is 0 Å². The number of ketones is 1. The highest BCUT2D eigenvalue weighted by Gasteiger charge is 2.25. The molecule has 0 radical (unpaired) electrons. The predicted molar refractivity (Wildman–Crippen MR) is 90.4 cm³/mol. The first-order chi connectivity index (χ1) is 10.0. The molecule has 5 heteroatoms. The number of anilines is 1. The van der Waals surface area contributed by atoms with Crippen molar-refractivity contribution in [2.24, 2.45) is 5.92 Å². The minimum atomic E-state index is 0.101. The van der Waals surface area contributed by atoms with Crippen LogP contribution in [0.5, 0.6) is 0 Å². The van der Waals surface area contributed by atoms with Gasteiger partial charge in [0.1, 0.15) is 0 Å². The lowest BCUT2D eigenvalue weighted by molar-refractivity contribution is 0.0957. The first kappa shape index (κ1) is 17.6. The van der Waals surface area contributed by atoms with Gasteiger partial charge in [-0.15, -0.1) is 0 Å². The van der Waals surface area contributed by atoms with Crippen molar-refractivity contribution < 1.29 is 4.79 Å². The van der Waals surface area contributed by atoms with Gasteiger partial charge in [-0.1, -0.05) is 41.1 Å². The maximum Gasteiger partial charge on any atom is 0.220 e.